The molecule has 6 N–H and O–H groups in total. The van der Waals surface area contributed by atoms with Crippen LogP contribution in [0.15, 0.2) is 11.6 Å². The maximum Gasteiger partial charge on any atom is 0.217 e. The highest BCUT2D eigenvalue weighted by atomic mass is 16.1. The molecule has 0 saturated heterocycles. The smallest absolute Gasteiger partial charge is 0.217 e. The van der Waals surface area contributed by atoms with Crippen LogP contribution in [0.5, 0.6) is 0 Å². The summed E-state index contributed by atoms with van der Waals surface area (Å²) in [4.78, 5) is 32.4. The number of carbonyl (C=O) groups excluding carboxylic acids is 3. The Hall–Kier alpha value is -1.85. The second kappa shape index (κ2) is 23.3. The summed E-state index contributed by atoms with van der Waals surface area (Å²) in [6.45, 7) is 0. The number of unbranched alkanes of at least 4 members (excludes halogenated alkanes) is 14. The summed E-state index contributed by atoms with van der Waals surface area (Å²) in [6.07, 6.45) is 25.7. The number of nitrogens with two attached hydrogens (primary N) is 3. The Morgan fingerprint density at radius 1 is 0.394 bits per heavy atom. The Kier molecular flexibility index (Phi) is 22.0. The summed E-state index contributed by atoms with van der Waals surface area (Å²) in [5, 5.41) is 0. The number of rotatable bonds is 25. The van der Waals surface area contributed by atoms with Crippen LogP contribution in [0.2, 0.25) is 0 Å². The van der Waals surface area contributed by atoms with E-state index < -0.39 is 0 Å². The molecule has 0 atom stereocenters. The molecule has 0 radical (unpaired) electrons. The van der Waals surface area contributed by atoms with Gasteiger partial charge in [0.05, 0.1) is 0 Å². The summed E-state index contributed by atoms with van der Waals surface area (Å²) < 4.78 is 0. The lowest BCUT2D eigenvalue weighted by Crippen LogP contribution is -2.09. The summed E-state index contributed by atoms with van der Waals surface area (Å²) in [5.74, 6) is -0.578. The average molecular weight is 466 g/mol. The SMILES string of the molecule is NC(=O)CCCCCCCC=C(CCCCCCCCC(N)=O)CCCCCCCC(N)=O. The first-order valence-electron chi connectivity index (χ1n) is 13.4. The van der Waals surface area contributed by atoms with Gasteiger partial charge in [-0.2, -0.15) is 0 Å². The number of carbonyl (C=O) groups is 3. The van der Waals surface area contributed by atoms with E-state index in [1.54, 1.807) is 5.57 Å². The largest absolute Gasteiger partial charge is 0.370 e. The van der Waals surface area contributed by atoms with Crippen molar-refractivity contribution in [2.24, 2.45) is 17.2 Å². The number of allylic oxidation sites excluding steroid dienone is 2. The van der Waals surface area contributed by atoms with Gasteiger partial charge in [0.25, 0.3) is 0 Å². The van der Waals surface area contributed by atoms with Crippen molar-refractivity contribution in [1.29, 1.82) is 0 Å². The van der Waals surface area contributed by atoms with Crippen molar-refractivity contribution in [2.75, 3.05) is 0 Å². The standard InChI is InChI=1S/C27H51N3O3/c28-25(31)21-15-9-3-1-6-12-18-24(20-14-8-5-11-17-23-27(30)33)19-13-7-2-4-10-16-22-26(29)32/h18H,1-17,19-23H2,(H2,28,31)(H2,29,32)(H2,30,33). The molecule has 0 aliphatic carbocycles. The first-order chi connectivity index (χ1) is 15.9. The molecule has 0 aromatic rings. The van der Waals surface area contributed by atoms with Crippen LogP contribution >= 0.6 is 0 Å². The maximum atomic E-state index is 10.8. The van der Waals surface area contributed by atoms with Crippen LogP contribution in [0.4, 0.5) is 0 Å². The molecule has 0 spiro atoms. The minimum absolute atomic E-state index is 0.191. The fourth-order valence-electron chi connectivity index (χ4n) is 4.15. The zero-order valence-corrected chi connectivity index (χ0v) is 21.1. The van der Waals surface area contributed by atoms with Crippen LogP contribution in [-0.4, -0.2) is 17.7 Å². The van der Waals surface area contributed by atoms with Gasteiger partial charge >= 0.3 is 0 Å². The van der Waals surface area contributed by atoms with Crippen LogP contribution < -0.4 is 17.2 Å². The van der Waals surface area contributed by atoms with E-state index in [1.807, 2.05) is 0 Å². The van der Waals surface area contributed by atoms with Gasteiger partial charge in [-0.05, 0) is 57.8 Å². The first-order valence-corrected chi connectivity index (χ1v) is 13.4. The molecule has 0 aliphatic heterocycles. The topological polar surface area (TPSA) is 129 Å². The van der Waals surface area contributed by atoms with Gasteiger partial charge < -0.3 is 17.2 Å². The first kappa shape index (κ1) is 31.1. The Morgan fingerprint density at radius 2 is 0.667 bits per heavy atom. The molecule has 0 aromatic heterocycles. The van der Waals surface area contributed by atoms with Gasteiger partial charge in [0.15, 0.2) is 0 Å². The van der Waals surface area contributed by atoms with Crippen molar-refractivity contribution < 1.29 is 14.4 Å². The molecule has 6 heteroatoms. The molecule has 3 amide bonds. The van der Waals surface area contributed by atoms with Crippen LogP contribution in [0.3, 0.4) is 0 Å². The van der Waals surface area contributed by atoms with Crippen LogP contribution in [0, 0.1) is 0 Å². The highest BCUT2D eigenvalue weighted by molar-refractivity contribution is 5.74. The molecule has 0 aromatic carbocycles. The molecule has 0 unspecified atom stereocenters. The van der Waals surface area contributed by atoms with Crippen molar-refractivity contribution in [3.05, 3.63) is 11.6 Å². The summed E-state index contributed by atoms with van der Waals surface area (Å²) in [7, 11) is 0. The molecule has 0 fully saturated rings. The monoisotopic (exact) mass is 465 g/mol. The number of hydrogen-bond donors (Lipinski definition) is 3. The fraction of sp³-hybridized carbons (Fsp3) is 0.815. The maximum absolute atomic E-state index is 10.8. The Bertz CT molecular complexity index is 547. The minimum atomic E-state index is -0.194. The molecule has 0 saturated carbocycles. The Balaban J connectivity index is 4.05. The third kappa shape index (κ3) is 26.3. The summed E-state index contributed by atoms with van der Waals surface area (Å²) >= 11 is 0. The lowest BCUT2D eigenvalue weighted by Gasteiger charge is -2.09. The predicted molar refractivity (Wildman–Crippen MR) is 137 cm³/mol. The van der Waals surface area contributed by atoms with E-state index in [-0.39, 0.29) is 17.7 Å². The lowest BCUT2D eigenvalue weighted by atomic mass is 9.97. The van der Waals surface area contributed by atoms with Crippen molar-refractivity contribution in [2.45, 2.75) is 141 Å². The molecule has 0 bridgehead atoms. The quantitative estimate of drug-likeness (QED) is 0.114. The van der Waals surface area contributed by atoms with Gasteiger partial charge in [0.2, 0.25) is 17.7 Å². The van der Waals surface area contributed by atoms with Crippen molar-refractivity contribution in [1.82, 2.24) is 0 Å². The number of primary amides is 3. The molecule has 0 rings (SSSR count). The zero-order chi connectivity index (χ0) is 24.6. The molecule has 192 valence electrons. The van der Waals surface area contributed by atoms with Crippen LogP contribution in [0.25, 0.3) is 0 Å². The summed E-state index contributed by atoms with van der Waals surface area (Å²) in [5.41, 5.74) is 17.2. The fourth-order valence-corrected chi connectivity index (χ4v) is 4.15. The van der Waals surface area contributed by atoms with Crippen molar-refractivity contribution in [3.63, 3.8) is 0 Å². The minimum Gasteiger partial charge on any atom is -0.370 e. The predicted octanol–water partition coefficient (Wildman–Crippen LogP) is 5.95. The molecule has 0 heterocycles. The van der Waals surface area contributed by atoms with Crippen LogP contribution in [0.1, 0.15) is 141 Å². The molecule has 0 aliphatic rings. The van der Waals surface area contributed by atoms with E-state index in [0.717, 1.165) is 44.9 Å². The molecule has 33 heavy (non-hydrogen) atoms. The van der Waals surface area contributed by atoms with E-state index in [9.17, 15) is 14.4 Å². The van der Waals surface area contributed by atoms with E-state index in [2.05, 4.69) is 6.08 Å². The van der Waals surface area contributed by atoms with E-state index in [1.165, 1.54) is 77.0 Å². The molecular weight excluding hydrogens is 414 g/mol. The van der Waals surface area contributed by atoms with Gasteiger partial charge in [-0.3, -0.25) is 14.4 Å². The van der Waals surface area contributed by atoms with Gasteiger partial charge in [-0.25, -0.2) is 0 Å². The lowest BCUT2D eigenvalue weighted by molar-refractivity contribution is -0.119. The van der Waals surface area contributed by atoms with Gasteiger partial charge in [0, 0.05) is 19.3 Å². The third-order valence-corrected chi connectivity index (χ3v) is 6.15. The summed E-state index contributed by atoms with van der Waals surface area (Å²) in [6, 6.07) is 0. The highest BCUT2D eigenvalue weighted by Gasteiger charge is 2.02. The van der Waals surface area contributed by atoms with Crippen LogP contribution in [-0.2, 0) is 14.4 Å². The molecular formula is C27H51N3O3. The Morgan fingerprint density at radius 3 is 1.00 bits per heavy atom. The van der Waals surface area contributed by atoms with Crippen molar-refractivity contribution >= 4 is 17.7 Å². The van der Waals surface area contributed by atoms with E-state index in [0.29, 0.717) is 19.3 Å². The van der Waals surface area contributed by atoms with E-state index >= 15 is 0 Å². The Labute approximate surface area is 202 Å². The second-order valence-electron chi connectivity index (χ2n) is 9.46. The number of amides is 3. The third-order valence-electron chi connectivity index (χ3n) is 6.15. The zero-order valence-electron chi connectivity index (χ0n) is 21.1. The average Bonchev–Trinajstić information content (AvgIpc) is 2.75. The van der Waals surface area contributed by atoms with Gasteiger partial charge in [-0.15, -0.1) is 0 Å². The normalized spacial score (nSPS) is 11.6. The highest BCUT2D eigenvalue weighted by Crippen LogP contribution is 2.20. The number of hydrogen-bond acceptors (Lipinski definition) is 3. The second-order valence-corrected chi connectivity index (χ2v) is 9.46. The van der Waals surface area contributed by atoms with Gasteiger partial charge in [-0.1, -0.05) is 75.9 Å². The van der Waals surface area contributed by atoms with Gasteiger partial charge in [0.1, 0.15) is 0 Å². The van der Waals surface area contributed by atoms with E-state index in [4.69, 9.17) is 17.2 Å². The van der Waals surface area contributed by atoms with Crippen molar-refractivity contribution in [3.8, 4) is 0 Å². The molecule has 6 nitrogen and oxygen atoms in total.